The summed E-state index contributed by atoms with van der Waals surface area (Å²) in [5, 5.41) is 22.2. The maximum atomic E-state index is 9.10. The number of benzene rings is 1. The molecule has 1 aromatic heterocycles. The Bertz CT molecular complexity index is 587. The minimum absolute atomic E-state index is 0.641. The van der Waals surface area contributed by atoms with Gasteiger partial charge < -0.3 is 10.2 Å². The minimum atomic E-state index is 0.641. The molecular formula is C13H15N5S. The lowest BCUT2D eigenvalue weighted by atomic mass is 10.2. The van der Waals surface area contributed by atoms with Crippen molar-refractivity contribution < 1.29 is 0 Å². The van der Waals surface area contributed by atoms with Crippen LogP contribution in [0.15, 0.2) is 24.3 Å². The van der Waals surface area contributed by atoms with Crippen LogP contribution in [0, 0.1) is 11.3 Å². The van der Waals surface area contributed by atoms with Gasteiger partial charge in [-0.2, -0.15) is 5.26 Å². The summed E-state index contributed by atoms with van der Waals surface area (Å²) >= 11 is 1.54. The number of hydrogen-bond donors (Lipinski definition) is 1. The highest BCUT2D eigenvalue weighted by atomic mass is 32.1. The summed E-state index contributed by atoms with van der Waals surface area (Å²) in [5.41, 5.74) is 1.58. The quantitative estimate of drug-likeness (QED) is 0.906. The van der Waals surface area contributed by atoms with Crippen molar-refractivity contribution >= 4 is 22.2 Å². The van der Waals surface area contributed by atoms with Crippen LogP contribution in [0.3, 0.4) is 0 Å². The van der Waals surface area contributed by atoms with Gasteiger partial charge in [0.2, 0.25) is 5.13 Å². The molecule has 5 nitrogen and oxygen atoms in total. The Morgan fingerprint density at radius 2 is 2.16 bits per heavy atom. The minimum Gasteiger partial charge on any atom is -0.367 e. The van der Waals surface area contributed by atoms with Gasteiger partial charge in [0.25, 0.3) is 0 Å². The van der Waals surface area contributed by atoms with Gasteiger partial charge in [0.1, 0.15) is 11.1 Å². The molecule has 0 radical (unpaired) electrons. The third kappa shape index (κ3) is 3.20. The second-order valence-electron chi connectivity index (χ2n) is 4.02. The topological polar surface area (TPSA) is 64.8 Å². The smallest absolute Gasteiger partial charge is 0.205 e. The zero-order valence-electron chi connectivity index (χ0n) is 10.9. The predicted molar refractivity (Wildman–Crippen MR) is 77.3 cm³/mol. The van der Waals surface area contributed by atoms with E-state index in [-0.39, 0.29) is 0 Å². The van der Waals surface area contributed by atoms with E-state index < -0.39 is 0 Å². The van der Waals surface area contributed by atoms with Crippen LogP contribution in [0.1, 0.15) is 17.5 Å². The lowest BCUT2D eigenvalue weighted by molar-refractivity contribution is 0.879. The summed E-state index contributed by atoms with van der Waals surface area (Å²) in [6.45, 7) is 3.50. The molecule has 6 heteroatoms. The number of para-hydroxylation sites is 1. The Morgan fingerprint density at radius 1 is 1.37 bits per heavy atom. The predicted octanol–water partition coefficient (Wildman–Crippen LogP) is 2.48. The molecule has 0 aliphatic carbocycles. The second-order valence-corrected chi connectivity index (χ2v) is 5.08. The van der Waals surface area contributed by atoms with Gasteiger partial charge in [0.05, 0.1) is 17.8 Å². The summed E-state index contributed by atoms with van der Waals surface area (Å²) in [6, 6.07) is 9.74. The van der Waals surface area contributed by atoms with Crippen molar-refractivity contribution in [2.75, 3.05) is 23.8 Å². The van der Waals surface area contributed by atoms with Crippen LogP contribution < -0.4 is 10.2 Å². The van der Waals surface area contributed by atoms with Crippen molar-refractivity contribution in [1.29, 1.82) is 5.26 Å². The fourth-order valence-electron chi connectivity index (χ4n) is 1.73. The number of hydrogen-bond acceptors (Lipinski definition) is 6. The molecule has 2 rings (SSSR count). The van der Waals surface area contributed by atoms with E-state index in [0.29, 0.717) is 12.1 Å². The molecule has 1 heterocycles. The van der Waals surface area contributed by atoms with Gasteiger partial charge >= 0.3 is 0 Å². The fourth-order valence-corrected chi connectivity index (χ4v) is 2.59. The fraction of sp³-hybridized carbons (Fsp3) is 0.308. The molecule has 1 N–H and O–H groups in total. The molecule has 0 unspecified atom stereocenters. The van der Waals surface area contributed by atoms with Gasteiger partial charge in [0, 0.05) is 13.6 Å². The average molecular weight is 273 g/mol. The molecule has 1 aromatic carbocycles. The Balaban J connectivity index is 2.12. The summed E-state index contributed by atoms with van der Waals surface area (Å²) < 4.78 is 0. The molecule has 0 aliphatic heterocycles. The third-order valence-electron chi connectivity index (χ3n) is 2.60. The van der Waals surface area contributed by atoms with Gasteiger partial charge in [-0.05, 0) is 19.1 Å². The van der Waals surface area contributed by atoms with Crippen molar-refractivity contribution in [3.8, 4) is 6.07 Å². The number of nitrogens with zero attached hydrogens (tertiary/aromatic N) is 4. The zero-order valence-corrected chi connectivity index (χ0v) is 11.7. The molecule has 0 saturated heterocycles. The van der Waals surface area contributed by atoms with E-state index in [1.165, 1.54) is 11.3 Å². The summed E-state index contributed by atoms with van der Waals surface area (Å²) in [4.78, 5) is 2.01. The molecule has 2 aromatic rings. The molecule has 98 valence electrons. The summed E-state index contributed by atoms with van der Waals surface area (Å²) in [7, 11) is 1.95. The van der Waals surface area contributed by atoms with Crippen molar-refractivity contribution in [3.05, 3.63) is 34.8 Å². The van der Waals surface area contributed by atoms with Crippen molar-refractivity contribution in [2.24, 2.45) is 0 Å². The van der Waals surface area contributed by atoms with Crippen LogP contribution in [0.4, 0.5) is 10.8 Å². The van der Waals surface area contributed by atoms with Gasteiger partial charge in [-0.1, -0.05) is 23.5 Å². The highest BCUT2D eigenvalue weighted by Crippen LogP contribution is 2.22. The van der Waals surface area contributed by atoms with E-state index in [1.807, 2.05) is 43.1 Å². The van der Waals surface area contributed by atoms with E-state index in [1.54, 1.807) is 0 Å². The Morgan fingerprint density at radius 3 is 2.89 bits per heavy atom. The van der Waals surface area contributed by atoms with Gasteiger partial charge in [-0.15, -0.1) is 10.2 Å². The molecule has 0 bridgehead atoms. The van der Waals surface area contributed by atoms with Crippen LogP contribution in [0.2, 0.25) is 0 Å². The van der Waals surface area contributed by atoms with Crippen molar-refractivity contribution in [3.63, 3.8) is 0 Å². The second kappa shape index (κ2) is 6.16. The van der Waals surface area contributed by atoms with Crippen molar-refractivity contribution in [2.45, 2.75) is 13.5 Å². The van der Waals surface area contributed by atoms with E-state index in [9.17, 15) is 0 Å². The van der Waals surface area contributed by atoms with Gasteiger partial charge in [-0.25, -0.2) is 0 Å². The molecular weight excluding hydrogens is 258 g/mol. The standard InChI is InChI=1S/C13H15N5S/c1-3-15-13-17-16-12(19-13)9-18(2)11-7-5-4-6-10(11)8-14/h4-7H,3,9H2,1-2H3,(H,15,17). The first-order chi connectivity index (χ1) is 9.24. The molecule has 0 aliphatic rings. The van der Waals surface area contributed by atoms with E-state index >= 15 is 0 Å². The molecule has 0 atom stereocenters. The maximum absolute atomic E-state index is 9.10. The average Bonchev–Trinajstić information content (AvgIpc) is 2.86. The highest BCUT2D eigenvalue weighted by Gasteiger charge is 2.10. The van der Waals surface area contributed by atoms with Crippen LogP contribution in [0.5, 0.6) is 0 Å². The van der Waals surface area contributed by atoms with Gasteiger partial charge in [-0.3, -0.25) is 0 Å². The number of rotatable bonds is 5. The molecule has 0 spiro atoms. The van der Waals surface area contributed by atoms with E-state index in [0.717, 1.165) is 22.4 Å². The molecule has 0 fully saturated rings. The normalized spacial score (nSPS) is 9.95. The van der Waals surface area contributed by atoms with Crippen LogP contribution in [0.25, 0.3) is 0 Å². The number of nitriles is 1. The van der Waals surface area contributed by atoms with E-state index in [2.05, 4.69) is 21.6 Å². The first-order valence-corrected chi connectivity index (χ1v) is 6.82. The Hall–Kier alpha value is -2.13. The molecule has 0 amide bonds. The van der Waals surface area contributed by atoms with Gasteiger partial charge in [0.15, 0.2) is 0 Å². The Labute approximate surface area is 116 Å². The third-order valence-corrected chi connectivity index (χ3v) is 3.47. The number of anilines is 2. The monoisotopic (exact) mass is 273 g/mol. The van der Waals surface area contributed by atoms with Crippen molar-refractivity contribution in [1.82, 2.24) is 10.2 Å². The number of aromatic nitrogens is 2. The lowest BCUT2D eigenvalue weighted by Crippen LogP contribution is -2.17. The van der Waals surface area contributed by atoms with Crippen LogP contribution >= 0.6 is 11.3 Å². The maximum Gasteiger partial charge on any atom is 0.205 e. The zero-order chi connectivity index (χ0) is 13.7. The Kier molecular flexibility index (Phi) is 4.31. The van der Waals surface area contributed by atoms with Crippen LogP contribution in [-0.4, -0.2) is 23.8 Å². The molecule has 0 saturated carbocycles. The first-order valence-electron chi connectivity index (χ1n) is 6.01. The summed E-state index contributed by atoms with van der Waals surface area (Å²) in [6.07, 6.45) is 0. The SMILES string of the molecule is CCNc1nnc(CN(C)c2ccccc2C#N)s1. The van der Waals surface area contributed by atoms with Crippen LogP contribution in [-0.2, 0) is 6.54 Å². The summed E-state index contributed by atoms with van der Waals surface area (Å²) in [5.74, 6) is 0. The largest absolute Gasteiger partial charge is 0.367 e. The highest BCUT2D eigenvalue weighted by molar-refractivity contribution is 7.15. The lowest BCUT2D eigenvalue weighted by Gasteiger charge is -2.18. The van der Waals surface area contributed by atoms with E-state index in [4.69, 9.17) is 5.26 Å². The number of nitrogens with one attached hydrogen (secondary N) is 1. The first kappa shape index (κ1) is 13.3. The molecule has 19 heavy (non-hydrogen) atoms.